The molecule has 0 fully saturated rings. The fraction of sp³-hybridized carbons (Fsp3) is 0.300. The largest absolute Gasteiger partial charge is 0.493 e. The summed E-state index contributed by atoms with van der Waals surface area (Å²) in [6.45, 7) is 0.820. The molecule has 1 aliphatic carbocycles. The lowest BCUT2D eigenvalue weighted by Gasteiger charge is -2.22. The summed E-state index contributed by atoms with van der Waals surface area (Å²) in [5.41, 5.74) is 2.96. The lowest BCUT2D eigenvalue weighted by Crippen LogP contribution is -2.35. The highest BCUT2D eigenvalue weighted by atomic mass is 19.1. The highest BCUT2D eigenvalue weighted by Crippen LogP contribution is 2.30. The number of pyridine rings is 1. The van der Waals surface area contributed by atoms with E-state index in [9.17, 15) is 9.50 Å². The Morgan fingerprint density at radius 1 is 1.19 bits per heavy atom. The second-order valence-corrected chi connectivity index (χ2v) is 6.62. The molecule has 0 aliphatic heterocycles. The van der Waals surface area contributed by atoms with Crippen LogP contribution in [0.2, 0.25) is 0 Å². The van der Waals surface area contributed by atoms with Crippen LogP contribution < -0.4 is 5.32 Å². The van der Waals surface area contributed by atoms with Gasteiger partial charge in [-0.05, 0) is 62.1 Å². The maximum atomic E-state index is 13.0. The van der Waals surface area contributed by atoms with Crippen LogP contribution in [0.3, 0.4) is 0 Å². The second kappa shape index (κ2) is 7.25. The summed E-state index contributed by atoms with van der Waals surface area (Å²) in [4.78, 5) is 4.26. The Kier molecular flexibility index (Phi) is 4.67. The number of hydrogen-bond donors (Lipinski definition) is 2. The minimum atomic E-state index is -0.207. The SMILES string of the molecule is Oc1c2c(nn1-c1ccccn1)CCC(NCCc1ccc(F)cc1)C2. The van der Waals surface area contributed by atoms with Crippen LogP contribution in [-0.2, 0) is 19.3 Å². The summed E-state index contributed by atoms with van der Waals surface area (Å²) in [7, 11) is 0. The number of nitrogens with zero attached hydrogens (tertiary/aromatic N) is 3. The van der Waals surface area contributed by atoms with Crippen molar-refractivity contribution in [3.63, 3.8) is 0 Å². The van der Waals surface area contributed by atoms with Crippen molar-refractivity contribution in [2.24, 2.45) is 0 Å². The smallest absolute Gasteiger partial charge is 0.219 e. The highest BCUT2D eigenvalue weighted by Gasteiger charge is 2.26. The number of aryl methyl sites for hydroxylation is 1. The van der Waals surface area contributed by atoms with Crippen molar-refractivity contribution >= 4 is 0 Å². The molecule has 1 atom stereocenters. The topological polar surface area (TPSA) is 63.0 Å². The number of hydrogen-bond acceptors (Lipinski definition) is 4. The number of aromatic hydroxyl groups is 1. The van der Waals surface area contributed by atoms with E-state index in [-0.39, 0.29) is 11.7 Å². The summed E-state index contributed by atoms with van der Waals surface area (Å²) < 4.78 is 14.5. The van der Waals surface area contributed by atoms with E-state index in [0.29, 0.717) is 11.9 Å². The molecule has 1 aromatic carbocycles. The number of nitrogens with one attached hydrogen (secondary N) is 1. The van der Waals surface area contributed by atoms with Gasteiger partial charge in [0.05, 0.1) is 5.69 Å². The number of halogens is 1. The van der Waals surface area contributed by atoms with E-state index in [4.69, 9.17) is 0 Å². The van der Waals surface area contributed by atoms with E-state index in [1.54, 1.807) is 6.20 Å². The molecule has 134 valence electrons. The molecule has 1 aliphatic rings. The quantitative estimate of drug-likeness (QED) is 0.741. The molecular formula is C20H21FN4O. The maximum Gasteiger partial charge on any atom is 0.219 e. The number of fused-ring (bicyclic) bond motifs is 1. The van der Waals surface area contributed by atoms with Crippen LogP contribution in [0.5, 0.6) is 5.88 Å². The molecule has 0 saturated heterocycles. The van der Waals surface area contributed by atoms with Gasteiger partial charge < -0.3 is 10.4 Å². The zero-order valence-corrected chi connectivity index (χ0v) is 14.4. The number of benzene rings is 1. The first-order valence-electron chi connectivity index (χ1n) is 8.89. The van der Waals surface area contributed by atoms with E-state index in [1.807, 2.05) is 30.3 Å². The van der Waals surface area contributed by atoms with E-state index in [1.165, 1.54) is 16.8 Å². The first-order valence-corrected chi connectivity index (χ1v) is 8.89. The first-order chi connectivity index (χ1) is 12.7. The second-order valence-electron chi connectivity index (χ2n) is 6.62. The van der Waals surface area contributed by atoms with Crippen LogP contribution >= 0.6 is 0 Å². The number of aromatic nitrogens is 3. The summed E-state index contributed by atoms with van der Waals surface area (Å²) in [5, 5.41) is 18.6. The van der Waals surface area contributed by atoms with Gasteiger partial charge >= 0.3 is 0 Å². The normalized spacial score (nSPS) is 16.4. The van der Waals surface area contributed by atoms with Gasteiger partial charge in [0.15, 0.2) is 5.82 Å². The molecule has 26 heavy (non-hydrogen) atoms. The van der Waals surface area contributed by atoms with Gasteiger partial charge in [-0.15, -0.1) is 0 Å². The van der Waals surface area contributed by atoms with Crippen molar-refractivity contribution < 1.29 is 9.50 Å². The fourth-order valence-electron chi connectivity index (χ4n) is 3.44. The average molecular weight is 352 g/mol. The lowest BCUT2D eigenvalue weighted by molar-refractivity contribution is 0.413. The molecule has 6 heteroatoms. The Morgan fingerprint density at radius 2 is 2.04 bits per heavy atom. The fourth-order valence-corrected chi connectivity index (χ4v) is 3.44. The van der Waals surface area contributed by atoms with Crippen molar-refractivity contribution in [2.45, 2.75) is 31.7 Å². The molecule has 2 heterocycles. The molecule has 2 N–H and O–H groups in total. The minimum Gasteiger partial charge on any atom is -0.493 e. The molecule has 3 aromatic rings. The molecule has 0 amide bonds. The summed E-state index contributed by atoms with van der Waals surface area (Å²) in [6.07, 6.45) is 5.10. The van der Waals surface area contributed by atoms with Crippen LogP contribution in [-0.4, -0.2) is 32.5 Å². The van der Waals surface area contributed by atoms with E-state index >= 15 is 0 Å². The predicted molar refractivity (Wildman–Crippen MR) is 96.9 cm³/mol. The molecule has 1 unspecified atom stereocenters. The van der Waals surface area contributed by atoms with Crippen LogP contribution in [0, 0.1) is 5.82 Å². The van der Waals surface area contributed by atoms with Gasteiger partial charge in [-0.3, -0.25) is 0 Å². The van der Waals surface area contributed by atoms with Crippen LogP contribution in [0.15, 0.2) is 48.7 Å². The molecule has 0 bridgehead atoms. The van der Waals surface area contributed by atoms with Crippen molar-refractivity contribution in [3.05, 3.63) is 71.3 Å². The standard InChI is InChI=1S/C20H21FN4O/c21-15-6-4-14(5-7-15)10-12-22-16-8-9-18-17(13-16)20(26)25(24-18)19-3-1-2-11-23-19/h1-7,11,16,22,26H,8-10,12-13H2. The summed E-state index contributed by atoms with van der Waals surface area (Å²) >= 11 is 0. The third-order valence-electron chi connectivity index (χ3n) is 4.85. The van der Waals surface area contributed by atoms with E-state index in [2.05, 4.69) is 15.4 Å². The van der Waals surface area contributed by atoms with Gasteiger partial charge in [-0.25, -0.2) is 9.37 Å². The third kappa shape index (κ3) is 3.46. The summed E-state index contributed by atoms with van der Waals surface area (Å²) in [6, 6.07) is 12.5. The van der Waals surface area contributed by atoms with Gasteiger partial charge in [0.25, 0.3) is 0 Å². The highest BCUT2D eigenvalue weighted by molar-refractivity contribution is 5.39. The lowest BCUT2D eigenvalue weighted by atomic mass is 9.93. The van der Waals surface area contributed by atoms with Crippen molar-refractivity contribution in [3.8, 4) is 11.7 Å². The summed E-state index contributed by atoms with van der Waals surface area (Å²) in [5.74, 6) is 0.603. The van der Waals surface area contributed by atoms with Gasteiger partial charge in [-0.1, -0.05) is 18.2 Å². The Morgan fingerprint density at radius 3 is 2.81 bits per heavy atom. The molecule has 0 radical (unpaired) electrons. The minimum absolute atomic E-state index is 0.184. The average Bonchev–Trinajstić information content (AvgIpc) is 3.00. The molecule has 4 rings (SSSR count). The third-order valence-corrected chi connectivity index (χ3v) is 4.85. The van der Waals surface area contributed by atoms with Crippen LogP contribution in [0.1, 0.15) is 23.2 Å². The molecule has 0 spiro atoms. The van der Waals surface area contributed by atoms with Crippen molar-refractivity contribution in [1.29, 1.82) is 0 Å². The first kappa shape index (κ1) is 16.7. The van der Waals surface area contributed by atoms with Crippen molar-refractivity contribution in [2.75, 3.05) is 6.54 Å². The van der Waals surface area contributed by atoms with Crippen molar-refractivity contribution in [1.82, 2.24) is 20.1 Å². The predicted octanol–water partition coefficient (Wildman–Crippen LogP) is 2.80. The van der Waals surface area contributed by atoms with Gasteiger partial charge in [0, 0.05) is 17.8 Å². The Balaban J connectivity index is 1.40. The van der Waals surface area contributed by atoms with Crippen LogP contribution in [0.4, 0.5) is 4.39 Å². The zero-order chi connectivity index (χ0) is 17.9. The molecule has 5 nitrogen and oxygen atoms in total. The Labute approximate surface area is 151 Å². The maximum absolute atomic E-state index is 13.0. The molecule has 2 aromatic heterocycles. The van der Waals surface area contributed by atoms with E-state index < -0.39 is 0 Å². The van der Waals surface area contributed by atoms with Gasteiger partial charge in [0.1, 0.15) is 5.82 Å². The Bertz CT molecular complexity index is 877. The van der Waals surface area contributed by atoms with Gasteiger partial charge in [0.2, 0.25) is 5.88 Å². The van der Waals surface area contributed by atoms with Gasteiger partial charge in [-0.2, -0.15) is 9.78 Å². The van der Waals surface area contributed by atoms with Crippen LogP contribution in [0.25, 0.3) is 5.82 Å². The van der Waals surface area contributed by atoms with E-state index in [0.717, 1.165) is 49.0 Å². The monoisotopic (exact) mass is 352 g/mol. The molecular weight excluding hydrogens is 331 g/mol. The zero-order valence-electron chi connectivity index (χ0n) is 14.4. The number of rotatable bonds is 5. The Hall–Kier alpha value is -2.73. The molecule has 0 saturated carbocycles.